The molecule has 0 saturated carbocycles. The summed E-state index contributed by atoms with van der Waals surface area (Å²) in [7, 11) is 1.43. The lowest BCUT2D eigenvalue weighted by atomic mass is 10.1. The first-order valence-electron chi connectivity index (χ1n) is 9.58. The minimum atomic E-state index is -0.544. The van der Waals surface area contributed by atoms with Crippen LogP contribution in [0, 0.1) is 13.8 Å². The van der Waals surface area contributed by atoms with E-state index in [-0.39, 0.29) is 23.7 Å². The summed E-state index contributed by atoms with van der Waals surface area (Å²) in [5.74, 6) is -0.333. The van der Waals surface area contributed by atoms with Crippen molar-refractivity contribution in [1.29, 1.82) is 0 Å². The van der Waals surface area contributed by atoms with Gasteiger partial charge in [0.15, 0.2) is 10.8 Å². The van der Waals surface area contributed by atoms with E-state index in [0.717, 1.165) is 52.4 Å². The largest absolute Gasteiger partial charge is 0.348 e. The molecule has 0 bridgehead atoms. The summed E-state index contributed by atoms with van der Waals surface area (Å²) in [6.07, 6.45) is 2.16. The van der Waals surface area contributed by atoms with Crippen LogP contribution in [0.2, 0.25) is 0 Å². The van der Waals surface area contributed by atoms with Crippen molar-refractivity contribution in [3.05, 3.63) is 50.2 Å². The summed E-state index contributed by atoms with van der Waals surface area (Å²) in [6.45, 7) is 5.40. The lowest BCUT2D eigenvalue weighted by Crippen LogP contribution is -2.40. The maximum absolute atomic E-state index is 12.8. The van der Waals surface area contributed by atoms with Crippen molar-refractivity contribution in [2.75, 3.05) is 23.3 Å². The number of carbonyl (C=O) groups is 1. The fourth-order valence-electron chi connectivity index (χ4n) is 3.65. The van der Waals surface area contributed by atoms with E-state index in [4.69, 9.17) is 0 Å². The van der Waals surface area contributed by atoms with Crippen LogP contribution < -0.4 is 21.5 Å². The fraction of sp³-hybridized carbons (Fsp3) is 0.400. The average Bonchev–Trinajstić information content (AvgIpc) is 3.36. The smallest absolute Gasteiger partial charge is 0.332 e. The van der Waals surface area contributed by atoms with Gasteiger partial charge in [0.05, 0.1) is 0 Å². The molecule has 1 aliphatic heterocycles. The van der Waals surface area contributed by atoms with E-state index in [1.807, 2.05) is 32.0 Å². The van der Waals surface area contributed by atoms with Crippen LogP contribution in [0.15, 0.2) is 27.8 Å². The number of anilines is 2. The number of thiazole rings is 1. The van der Waals surface area contributed by atoms with Gasteiger partial charge in [0.1, 0.15) is 11.2 Å². The normalized spacial score (nSPS) is 14.0. The van der Waals surface area contributed by atoms with E-state index in [0.29, 0.717) is 4.70 Å². The van der Waals surface area contributed by atoms with E-state index < -0.39 is 5.69 Å². The van der Waals surface area contributed by atoms with Gasteiger partial charge in [-0.3, -0.25) is 18.7 Å². The Bertz CT molecular complexity index is 1200. The molecule has 0 spiro atoms. The molecule has 2 aromatic heterocycles. The van der Waals surface area contributed by atoms with Gasteiger partial charge in [0.25, 0.3) is 5.56 Å². The number of benzene rings is 1. The summed E-state index contributed by atoms with van der Waals surface area (Å²) in [4.78, 5) is 44.8. The van der Waals surface area contributed by atoms with E-state index in [9.17, 15) is 14.4 Å². The molecule has 9 heteroatoms. The topological polar surface area (TPSA) is 89.2 Å². The number of carbonyl (C=O) groups excluding carboxylic acids is 1. The van der Waals surface area contributed by atoms with Crippen LogP contribution in [-0.2, 0) is 18.4 Å². The number of rotatable bonds is 4. The second-order valence-corrected chi connectivity index (χ2v) is 8.37. The lowest BCUT2D eigenvalue weighted by Gasteiger charge is -2.13. The molecule has 1 aromatic carbocycles. The zero-order valence-electron chi connectivity index (χ0n) is 16.7. The van der Waals surface area contributed by atoms with Crippen LogP contribution in [0.4, 0.5) is 10.8 Å². The van der Waals surface area contributed by atoms with Crippen LogP contribution in [0.25, 0.3) is 10.3 Å². The molecule has 4 rings (SSSR count). The Hall–Kier alpha value is -2.94. The van der Waals surface area contributed by atoms with Crippen molar-refractivity contribution < 1.29 is 4.79 Å². The number of para-hydroxylation sites is 1. The maximum atomic E-state index is 12.8. The summed E-state index contributed by atoms with van der Waals surface area (Å²) in [6, 6.07) is 5.76. The quantitative estimate of drug-likeness (QED) is 0.707. The molecule has 1 amide bonds. The predicted molar refractivity (Wildman–Crippen MR) is 115 cm³/mol. The molecule has 3 heterocycles. The molecule has 1 N–H and O–H groups in total. The van der Waals surface area contributed by atoms with Crippen LogP contribution in [-0.4, -0.2) is 33.1 Å². The van der Waals surface area contributed by atoms with Gasteiger partial charge in [-0.25, -0.2) is 9.78 Å². The number of nitrogens with one attached hydrogen (secondary N) is 1. The predicted octanol–water partition coefficient (Wildman–Crippen LogP) is 2.01. The third-order valence-corrected chi connectivity index (χ3v) is 6.39. The number of amides is 1. The van der Waals surface area contributed by atoms with Gasteiger partial charge in [-0.05, 0) is 37.8 Å². The van der Waals surface area contributed by atoms with Gasteiger partial charge in [-0.1, -0.05) is 29.5 Å². The molecule has 152 valence electrons. The molecule has 29 heavy (non-hydrogen) atoms. The number of nitrogens with zero attached hydrogens (tertiary/aromatic N) is 4. The third kappa shape index (κ3) is 3.46. The molecule has 0 aliphatic carbocycles. The monoisotopic (exact) mass is 413 g/mol. The second-order valence-electron chi connectivity index (χ2n) is 7.39. The van der Waals surface area contributed by atoms with Crippen molar-refractivity contribution in [2.24, 2.45) is 7.05 Å². The Balaban J connectivity index is 1.73. The van der Waals surface area contributed by atoms with Crippen LogP contribution in [0.5, 0.6) is 0 Å². The fourth-order valence-corrected chi connectivity index (χ4v) is 4.75. The molecule has 8 nitrogen and oxygen atoms in total. The Morgan fingerprint density at radius 1 is 1.17 bits per heavy atom. The van der Waals surface area contributed by atoms with E-state index in [1.54, 1.807) is 0 Å². The number of aryl methyl sites for hydroxylation is 2. The number of fused-ring (bicyclic) bond motifs is 1. The van der Waals surface area contributed by atoms with Crippen molar-refractivity contribution >= 4 is 38.4 Å². The minimum Gasteiger partial charge on any atom is -0.348 e. The average molecular weight is 414 g/mol. The van der Waals surface area contributed by atoms with Gasteiger partial charge in [-0.2, -0.15) is 0 Å². The lowest BCUT2D eigenvalue weighted by molar-refractivity contribution is -0.116. The Kier molecular flexibility index (Phi) is 4.99. The molecule has 0 radical (unpaired) electrons. The van der Waals surface area contributed by atoms with Gasteiger partial charge in [-0.15, -0.1) is 0 Å². The summed E-state index contributed by atoms with van der Waals surface area (Å²) >= 11 is 1.28. The minimum absolute atomic E-state index is 0.208. The number of hydrogen-bond donors (Lipinski definition) is 1. The third-order valence-electron chi connectivity index (χ3n) is 5.29. The molecule has 3 aromatic rings. The first-order valence-corrected chi connectivity index (χ1v) is 10.4. The Morgan fingerprint density at radius 3 is 2.48 bits per heavy atom. The summed E-state index contributed by atoms with van der Waals surface area (Å²) in [5, 5.41) is 3.62. The highest BCUT2D eigenvalue weighted by Gasteiger charge is 2.22. The van der Waals surface area contributed by atoms with Crippen molar-refractivity contribution in [3.63, 3.8) is 0 Å². The standard InChI is InChI=1S/C20H23N5O3S/c1-12-7-6-8-13(2)15(12)21-14(26)11-25-17-16(18(27)23(3)20(25)28)29-19(22-17)24-9-4-5-10-24/h6-8H,4-5,9-11H2,1-3H3,(H,21,26). The maximum Gasteiger partial charge on any atom is 0.332 e. The summed E-state index contributed by atoms with van der Waals surface area (Å²) < 4.78 is 2.73. The van der Waals surface area contributed by atoms with Gasteiger partial charge in [0, 0.05) is 25.8 Å². The summed E-state index contributed by atoms with van der Waals surface area (Å²) in [5.41, 5.74) is 1.99. The SMILES string of the molecule is Cc1cccc(C)c1NC(=O)Cn1c(=O)n(C)c(=O)c2sc(N3CCCC3)nc21. The first kappa shape index (κ1) is 19.4. The molecule has 0 unspecified atom stereocenters. The van der Waals surface area contributed by atoms with Crippen molar-refractivity contribution in [1.82, 2.24) is 14.1 Å². The Morgan fingerprint density at radius 2 is 1.83 bits per heavy atom. The molecule has 0 atom stereocenters. The van der Waals surface area contributed by atoms with Crippen molar-refractivity contribution in [3.8, 4) is 0 Å². The van der Waals surface area contributed by atoms with Crippen molar-refractivity contribution in [2.45, 2.75) is 33.2 Å². The van der Waals surface area contributed by atoms with Crippen LogP contribution in [0.3, 0.4) is 0 Å². The highest BCUT2D eigenvalue weighted by Crippen LogP contribution is 2.28. The molecular formula is C20H23N5O3S. The highest BCUT2D eigenvalue weighted by molar-refractivity contribution is 7.22. The first-order chi connectivity index (χ1) is 13.9. The van der Waals surface area contributed by atoms with E-state index in [1.165, 1.54) is 23.0 Å². The second kappa shape index (κ2) is 7.47. The molecule has 1 aliphatic rings. The van der Waals surface area contributed by atoms with Crippen LogP contribution >= 0.6 is 11.3 Å². The van der Waals surface area contributed by atoms with E-state index >= 15 is 0 Å². The molecule has 1 fully saturated rings. The highest BCUT2D eigenvalue weighted by atomic mass is 32.1. The Labute approximate surface area is 171 Å². The number of aromatic nitrogens is 3. The molecule has 1 saturated heterocycles. The van der Waals surface area contributed by atoms with Gasteiger partial charge in [0.2, 0.25) is 5.91 Å². The van der Waals surface area contributed by atoms with E-state index in [2.05, 4.69) is 15.2 Å². The zero-order valence-corrected chi connectivity index (χ0v) is 17.5. The molecular weight excluding hydrogens is 390 g/mol. The van der Waals surface area contributed by atoms with Crippen LogP contribution in [0.1, 0.15) is 24.0 Å². The zero-order chi connectivity index (χ0) is 20.7. The van der Waals surface area contributed by atoms with Gasteiger partial charge >= 0.3 is 5.69 Å². The number of hydrogen-bond acceptors (Lipinski definition) is 6. The van der Waals surface area contributed by atoms with Gasteiger partial charge < -0.3 is 10.2 Å².